The Morgan fingerprint density at radius 1 is 1.00 bits per heavy atom. The molecule has 1 amide bonds. The second kappa shape index (κ2) is 9.72. The van der Waals surface area contributed by atoms with Crippen molar-refractivity contribution in [2.45, 2.75) is 11.1 Å². The van der Waals surface area contributed by atoms with Crippen LogP contribution in [0.15, 0.2) is 77.7 Å². The van der Waals surface area contributed by atoms with Gasteiger partial charge in [0.1, 0.15) is 12.3 Å². The predicted molar refractivity (Wildman–Crippen MR) is 119 cm³/mol. The number of carbonyl (C=O) groups excluding carboxylic acids is 1. The monoisotopic (exact) mass is 498 g/mol. The minimum atomic E-state index is -4.70. The van der Waals surface area contributed by atoms with E-state index < -0.39 is 39.9 Å². The molecule has 0 aliphatic heterocycles. The average Bonchev–Trinajstić information content (AvgIpc) is 2.78. The highest BCUT2D eigenvalue weighted by Crippen LogP contribution is 2.34. The Balaban J connectivity index is 1.96. The first-order chi connectivity index (χ1) is 15.5. The van der Waals surface area contributed by atoms with Gasteiger partial charge in [0, 0.05) is 5.02 Å². The summed E-state index contributed by atoms with van der Waals surface area (Å²) in [6.45, 7) is -0.776. The molecule has 0 atom stereocenters. The van der Waals surface area contributed by atoms with Crippen molar-refractivity contribution in [2.24, 2.45) is 0 Å². The summed E-state index contributed by atoms with van der Waals surface area (Å²) in [6.07, 6.45) is -4.70. The van der Waals surface area contributed by atoms with Crippen molar-refractivity contribution < 1.29 is 31.1 Å². The molecule has 0 fully saturated rings. The van der Waals surface area contributed by atoms with E-state index in [1.807, 2.05) is 0 Å². The molecule has 33 heavy (non-hydrogen) atoms. The van der Waals surface area contributed by atoms with Crippen LogP contribution in [0, 0.1) is 0 Å². The molecule has 0 bridgehead atoms. The molecular weight excluding hydrogens is 481 g/mol. The quantitative estimate of drug-likeness (QED) is 0.486. The lowest BCUT2D eigenvalue weighted by Crippen LogP contribution is -2.38. The maximum atomic E-state index is 13.3. The fourth-order valence-electron chi connectivity index (χ4n) is 2.96. The number of nitrogens with one attached hydrogen (secondary N) is 1. The molecule has 174 valence electrons. The number of anilines is 2. The third-order valence-corrected chi connectivity index (χ3v) is 6.60. The second-order valence-electron chi connectivity index (χ2n) is 6.76. The Labute approximate surface area is 193 Å². The van der Waals surface area contributed by atoms with E-state index in [1.54, 1.807) is 0 Å². The highest BCUT2D eigenvalue weighted by Gasteiger charge is 2.34. The van der Waals surface area contributed by atoms with Gasteiger partial charge < -0.3 is 10.1 Å². The predicted octanol–water partition coefficient (Wildman–Crippen LogP) is 5.20. The van der Waals surface area contributed by atoms with Gasteiger partial charge in [0.2, 0.25) is 5.91 Å². The zero-order valence-corrected chi connectivity index (χ0v) is 18.7. The fraction of sp³-hybridized carbons (Fsp3) is 0.136. The summed E-state index contributed by atoms with van der Waals surface area (Å²) in [5, 5.41) is 2.50. The van der Waals surface area contributed by atoms with Crippen LogP contribution in [0.2, 0.25) is 5.02 Å². The number of alkyl halides is 3. The van der Waals surface area contributed by atoms with E-state index in [9.17, 15) is 26.4 Å². The zero-order valence-electron chi connectivity index (χ0n) is 17.1. The van der Waals surface area contributed by atoms with Crippen molar-refractivity contribution in [1.29, 1.82) is 0 Å². The van der Waals surface area contributed by atoms with E-state index in [0.29, 0.717) is 10.8 Å². The maximum Gasteiger partial charge on any atom is 0.418 e. The van der Waals surface area contributed by atoms with E-state index in [2.05, 4.69) is 5.32 Å². The molecule has 3 aromatic rings. The third kappa shape index (κ3) is 5.77. The Morgan fingerprint density at radius 3 is 2.18 bits per heavy atom. The smallest absolute Gasteiger partial charge is 0.418 e. The number of halogens is 4. The Kier molecular flexibility index (Phi) is 7.19. The van der Waals surface area contributed by atoms with E-state index in [0.717, 1.165) is 16.4 Å². The van der Waals surface area contributed by atoms with Crippen molar-refractivity contribution in [3.8, 4) is 5.75 Å². The first kappa shape index (κ1) is 24.4. The van der Waals surface area contributed by atoms with Gasteiger partial charge in [-0.25, -0.2) is 8.42 Å². The maximum absolute atomic E-state index is 13.3. The zero-order chi connectivity index (χ0) is 24.2. The van der Waals surface area contributed by atoms with Crippen LogP contribution in [-0.4, -0.2) is 28.0 Å². The van der Waals surface area contributed by atoms with Crippen molar-refractivity contribution in [3.63, 3.8) is 0 Å². The lowest BCUT2D eigenvalue weighted by Gasteiger charge is -2.24. The van der Waals surface area contributed by atoms with Gasteiger partial charge in [0.05, 0.1) is 28.9 Å². The van der Waals surface area contributed by atoms with E-state index >= 15 is 0 Å². The molecule has 0 unspecified atom stereocenters. The highest BCUT2D eigenvalue weighted by molar-refractivity contribution is 7.92. The fourth-order valence-corrected chi connectivity index (χ4v) is 4.50. The van der Waals surface area contributed by atoms with Gasteiger partial charge in [-0.1, -0.05) is 23.7 Å². The van der Waals surface area contributed by atoms with Crippen LogP contribution >= 0.6 is 11.6 Å². The van der Waals surface area contributed by atoms with Crippen molar-refractivity contribution in [3.05, 3.63) is 83.4 Å². The first-order valence-corrected chi connectivity index (χ1v) is 11.2. The van der Waals surface area contributed by atoms with Gasteiger partial charge in [-0.15, -0.1) is 0 Å². The number of nitrogens with zero attached hydrogens (tertiary/aromatic N) is 1. The van der Waals surface area contributed by atoms with Crippen molar-refractivity contribution in [1.82, 2.24) is 0 Å². The van der Waals surface area contributed by atoms with E-state index in [4.69, 9.17) is 16.3 Å². The molecule has 3 aromatic carbocycles. The lowest BCUT2D eigenvalue weighted by atomic mass is 10.1. The van der Waals surface area contributed by atoms with Gasteiger partial charge in [-0.3, -0.25) is 9.10 Å². The van der Waals surface area contributed by atoms with Crippen LogP contribution < -0.4 is 14.4 Å². The molecule has 0 aliphatic carbocycles. The van der Waals surface area contributed by atoms with Crippen LogP contribution in [0.25, 0.3) is 0 Å². The summed E-state index contributed by atoms with van der Waals surface area (Å²) in [6, 6.07) is 15.5. The number of para-hydroxylation sites is 1. The number of methoxy groups -OCH3 is 1. The summed E-state index contributed by atoms with van der Waals surface area (Å²) in [5.74, 6) is -0.535. The molecule has 0 aliphatic rings. The third-order valence-electron chi connectivity index (χ3n) is 4.56. The molecular formula is C22H18ClF3N2O4S. The van der Waals surface area contributed by atoms with Crippen LogP contribution in [-0.2, 0) is 21.0 Å². The van der Waals surface area contributed by atoms with E-state index in [-0.39, 0.29) is 10.6 Å². The lowest BCUT2D eigenvalue weighted by molar-refractivity contribution is -0.137. The van der Waals surface area contributed by atoms with Crippen LogP contribution in [0.5, 0.6) is 5.75 Å². The average molecular weight is 499 g/mol. The van der Waals surface area contributed by atoms with E-state index in [1.165, 1.54) is 67.8 Å². The van der Waals surface area contributed by atoms with Gasteiger partial charge in [-0.2, -0.15) is 13.2 Å². The Hall–Kier alpha value is -3.24. The van der Waals surface area contributed by atoms with Crippen molar-refractivity contribution in [2.75, 3.05) is 23.3 Å². The summed E-state index contributed by atoms with van der Waals surface area (Å²) in [4.78, 5) is 12.6. The summed E-state index contributed by atoms with van der Waals surface area (Å²) in [5.41, 5.74) is -1.42. The second-order valence-corrected chi connectivity index (χ2v) is 9.05. The SMILES string of the molecule is COc1ccc(S(=O)(=O)N(CC(=O)Nc2ccccc2C(F)(F)F)c2ccc(Cl)cc2)cc1. The number of carbonyl (C=O) groups is 1. The number of hydrogen-bond acceptors (Lipinski definition) is 4. The molecule has 0 radical (unpaired) electrons. The molecule has 0 saturated carbocycles. The van der Waals surface area contributed by atoms with Gasteiger partial charge >= 0.3 is 6.18 Å². The number of hydrogen-bond donors (Lipinski definition) is 1. The Morgan fingerprint density at radius 2 is 1.61 bits per heavy atom. The van der Waals surface area contributed by atoms with Gasteiger partial charge in [-0.05, 0) is 60.7 Å². The Bertz CT molecular complexity index is 1230. The van der Waals surface area contributed by atoms with Gasteiger partial charge in [0.15, 0.2) is 0 Å². The molecule has 0 heterocycles. The molecule has 0 aromatic heterocycles. The van der Waals surface area contributed by atoms with Crippen LogP contribution in [0.3, 0.4) is 0 Å². The first-order valence-electron chi connectivity index (χ1n) is 9.41. The molecule has 6 nitrogen and oxygen atoms in total. The number of rotatable bonds is 7. The van der Waals surface area contributed by atoms with Gasteiger partial charge in [0.25, 0.3) is 10.0 Å². The number of benzene rings is 3. The molecule has 1 N–H and O–H groups in total. The highest BCUT2D eigenvalue weighted by atomic mass is 35.5. The minimum absolute atomic E-state index is 0.106. The normalized spacial score (nSPS) is 11.7. The molecule has 0 spiro atoms. The summed E-state index contributed by atoms with van der Waals surface area (Å²) in [7, 11) is -2.84. The standard InChI is InChI=1S/C22H18ClF3N2O4S/c1-32-17-10-12-18(13-11-17)33(30,31)28(16-8-6-15(23)7-9-16)14-21(29)27-20-5-3-2-4-19(20)22(24,25)26/h2-13H,14H2,1H3,(H,27,29). The number of sulfonamides is 1. The minimum Gasteiger partial charge on any atom is -0.497 e. The summed E-state index contributed by atoms with van der Waals surface area (Å²) < 4.78 is 72.2. The summed E-state index contributed by atoms with van der Waals surface area (Å²) >= 11 is 5.89. The molecule has 11 heteroatoms. The van der Waals surface area contributed by atoms with Crippen LogP contribution in [0.1, 0.15) is 5.56 Å². The number of amides is 1. The molecule has 3 rings (SSSR count). The largest absolute Gasteiger partial charge is 0.497 e. The topological polar surface area (TPSA) is 75.7 Å². The number of ether oxygens (including phenoxy) is 1. The van der Waals surface area contributed by atoms with Crippen LogP contribution in [0.4, 0.5) is 24.5 Å². The molecule has 0 saturated heterocycles. The van der Waals surface area contributed by atoms with Crippen molar-refractivity contribution >= 4 is 38.9 Å².